The van der Waals surface area contributed by atoms with Crippen LogP contribution in [0.3, 0.4) is 0 Å². The average molecular weight is 301 g/mol. The van der Waals surface area contributed by atoms with Gasteiger partial charge in [0.05, 0.1) is 6.04 Å². The second-order valence-corrected chi connectivity index (χ2v) is 5.54. The summed E-state index contributed by atoms with van der Waals surface area (Å²) in [6.45, 7) is 5.38. The molecule has 1 unspecified atom stereocenters. The zero-order valence-corrected chi connectivity index (χ0v) is 12.7. The van der Waals surface area contributed by atoms with Crippen molar-refractivity contribution in [2.45, 2.75) is 26.3 Å². The standard InChI is InChI=1S/C14H18Cl2N2O/c1-3-17-9-12(6-7-15)18(14(17)19)11-5-4-10(2)13(16)8-11/h4-5,8,12H,3,6-7,9H2,1-2H3. The van der Waals surface area contributed by atoms with E-state index in [0.29, 0.717) is 17.4 Å². The molecule has 0 bridgehead atoms. The molecule has 5 heteroatoms. The molecule has 0 radical (unpaired) electrons. The number of nitrogens with zero attached hydrogens (tertiary/aromatic N) is 2. The maximum atomic E-state index is 12.4. The van der Waals surface area contributed by atoms with Crippen LogP contribution in [0.25, 0.3) is 0 Å². The summed E-state index contributed by atoms with van der Waals surface area (Å²) in [7, 11) is 0. The third-order valence-corrected chi connectivity index (χ3v) is 4.16. The molecule has 0 N–H and O–H groups in total. The summed E-state index contributed by atoms with van der Waals surface area (Å²) < 4.78 is 0. The summed E-state index contributed by atoms with van der Waals surface area (Å²) >= 11 is 12.0. The SMILES string of the molecule is CCN1CC(CCCl)N(c2ccc(C)c(Cl)c2)C1=O. The molecule has 104 valence electrons. The Hall–Kier alpha value is -0.930. The van der Waals surface area contributed by atoms with Crippen LogP contribution >= 0.6 is 23.2 Å². The van der Waals surface area contributed by atoms with E-state index in [2.05, 4.69) is 0 Å². The van der Waals surface area contributed by atoms with E-state index in [1.165, 1.54) is 0 Å². The van der Waals surface area contributed by atoms with Gasteiger partial charge in [-0.25, -0.2) is 4.79 Å². The highest BCUT2D eigenvalue weighted by atomic mass is 35.5. The molecule has 1 aliphatic rings. The number of carbonyl (C=O) groups is 1. The largest absolute Gasteiger partial charge is 0.324 e. The molecule has 2 rings (SSSR count). The summed E-state index contributed by atoms with van der Waals surface area (Å²) in [4.78, 5) is 16.0. The number of carbonyl (C=O) groups excluding carboxylic acids is 1. The number of hydrogen-bond acceptors (Lipinski definition) is 1. The number of alkyl halides is 1. The maximum absolute atomic E-state index is 12.4. The number of halogens is 2. The number of likely N-dealkylation sites (N-methyl/N-ethyl adjacent to an activating group) is 1. The molecule has 3 nitrogen and oxygen atoms in total. The summed E-state index contributed by atoms with van der Waals surface area (Å²) in [6.07, 6.45) is 0.787. The topological polar surface area (TPSA) is 23.6 Å². The molecule has 0 aromatic heterocycles. The van der Waals surface area contributed by atoms with Gasteiger partial charge in [-0.2, -0.15) is 0 Å². The summed E-state index contributed by atoms with van der Waals surface area (Å²) in [6, 6.07) is 5.91. The quantitative estimate of drug-likeness (QED) is 0.773. The fourth-order valence-electron chi connectivity index (χ4n) is 2.39. The highest BCUT2D eigenvalue weighted by Crippen LogP contribution is 2.30. The molecule has 2 amide bonds. The van der Waals surface area contributed by atoms with Gasteiger partial charge in [0.15, 0.2) is 0 Å². The predicted octanol–water partition coefficient (Wildman–Crippen LogP) is 3.91. The Morgan fingerprint density at radius 1 is 1.42 bits per heavy atom. The van der Waals surface area contributed by atoms with Gasteiger partial charge in [-0.05, 0) is 38.0 Å². The van der Waals surface area contributed by atoms with Crippen LogP contribution in [0.1, 0.15) is 18.9 Å². The zero-order chi connectivity index (χ0) is 14.0. The third kappa shape index (κ3) is 2.82. The number of rotatable bonds is 4. The monoisotopic (exact) mass is 300 g/mol. The van der Waals surface area contributed by atoms with Crippen molar-refractivity contribution in [3.05, 3.63) is 28.8 Å². The van der Waals surface area contributed by atoms with Gasteiger partial charge in [0.25, 0.3) is 0 Å². The fourth-order valence-corrected chi connectivity index (χ4v) is 2.81. The van der Waals surface area contributed by atoms with Crippen molar-refractivity contribution in [2.75, 3.05) is 23.9 Å². The molecule has 1 fully saturated rings. The van der Waals surface area contributed by atoms with E-state index in [-0.39, 0.29) is 12.1 Å². The smallest absolute Gasteiger partial charge is 0.323 e. The summed E-state index contributed by atoms with van der Waals surface area (Å²) in [5.74, 6) is 0.547. The molecule has 1 atom stereocenters. The van der Waals surface area contributed by atoms with E-state index in [9.17, 15) is 4.79 Å². The van der Waals surface area contributed by atoms with Gasteiger partial charge in [0, 0.05) is 29.7 Å². The van der Waals surface area contributed by atoms with Gasteiger partial charge < -0.3 is 4.90 Å². The van der Waals surface area contributed by atoms with Crippen molar-refractivity contribution in [3.63, 3.8) is 0 Å². The highest BCUT2D eigenvalue weighted by Gasteiger charge is 2.36. The predicted molar refractivity (Wildman–Crippen MR) is 80.4 cm³/mol. The lowest BCUT2D eigenvalue weighted by Gasteiger charge is -2.23. The molecular formula is C14H18Cl2N2O. The van der Waals surface area contributed by atoms with Crippen molar-refractivity contribution in [1.29, 1.82) is 0 Å². The van der Waals surface area contributed by atoms with Crippen molar-refractivity contribution in [3.8, 4) is 0 Å². The van der Waals surface area contributed by atoms with Gasteiger partial charge in [-0.3, -0.25) is 4.90 Å². The number of aryl methyl sites for hydroxylation is 1. The van der Waals surface area contributed by atoms with Crippen LogP contribution in [0.2, 0.25) is 5.02 Å². The molecule has 0 saturated carbocycles. The Bertz CT molecular complexity index is 479. The normalized spacial score (nSPS) is 19.4. The first-order valence-electron chi connectivity index (χ1n) is 6.48. The highest BCUT2D eigenvalue weighted by molar-refractivity contribution is 6.31. The number of anilines is 1. The maximum Gasteiger partial charge on any atom is 0.324 e. The first kappa shape index (κ1) is 14.5. The lowest BCUT2D eigenvalue weighted by molar-refractivity contribution is 0.223. The second kappa shape index (κ2) is 6.02. The fraction of sp³-hybridized carbons (Fsp3) is 0.500. The van der Waals surface area contributed by atoms with Gasteiger partial charge in [0.1, 0.15) is 0 Å². The minimum atomic E-state index is 0.0394. The van der Waals surface area contributed by atoms with Crippen LogP contribution in [0.4, 0.5) is 10.5 Å². The number of benzene rings is 1. The Balaban J connectivity index is 2.33. The Morgan fingerprint density at radius 3 is 2.74 bits per heavy atom. The van der Waals surface area contributed by atoms with Gasteiger partial charge in [-0.1, -0.05) is 17.7 Å². The van der Waals surface area contributed by atoms with Crippen LogP contribution in [-0.2, 0) is 0 Å². The van der Waals surface area contributed by atoms with Crippen molar-refractivity contribution in [2.24, 2.45) is 0 Å². The van der Waals surface area contributed by atoms with Crippen LogP contribution in [0.5, 0.6) is 0 Å². The Labute approximate surface area is 124 Å². The number of urea groups is 1. The first-order valence-corrected chi connectivity index (χ1v) is 7.40. The Kier molecular flexibility index (Phi) is 4.58. The number of hydrogen-bond donors (Lipinski definition) is 0. The van der Waals surface area contributed by atoms with E-state index in [4.69, 9.17) is 23.2 Å². The zero-order valence-electron chi connectivity index (χ0n) is 11.2. The van der Waals surface area contributed by atoms with Gasteiger partial charge >= 0.3 is 6.03 Å². The van der Waals surface area contributed by atoms with E-state index in [1.54, 1.807) is 0 Å². The van der Waals surface area contributed by atoms with Crippen LogP contribution in [-0.4, -0.2) is 35.9 Å². The molecule has 1 aliphatic heterocycles. The molecule has 1 aromatic carbocycles. The van der Waals surface area contributed by atoms with Gasteiger partial charge in [-0.15, -0.1) is 11.6 Å². The van der Waals surface area contributed by atoms with E-state index < -0.39 is 0 Å². The molecule has 1 heterocycles. The lowest BCUT2D eigenvalue weighted by atomic mass is 10.1. The molecule has 19 heavy (non-hydrogen) atoms. The van der Waals surface area contributed by atoms with E-state index >= 15 is 0 Å². The van der Waals surface area contributed by atoms with Crippen molar-refractivity contribution in [1.82, 2.24) is 4.90 Å². The molecule has 1 aromatic rings. The first-order chi connectivity index (χ1) is 9.08. The third-order valence-electron chi connectivity index (χ3n) is 3.53. The van der Waals surface area contributed by atoms with Crippen LogP contribution in [0, 0.1) is 6.92 Å². The molecular weight excluding hydrogens is 283 g/mol. The minimum absolute atomic E-state index is 0.0394. The summed E-state index contributed by atoms with van der Waals surface area (Å²) in [5.41, 5.74) is 1.87. The molecule has 0 aliphatic carbocycles. The number of amides is 2. The van der Waals surface area contributed by atoms with E-state index in [1.807, 2.05) is 41.8 Å². The summed E-state index contributed by atoms with van der Waals surface area (Å²) in [5, 5.41) is 0.685. The average Bonchev–Trinajstić information content (AvgIpc) is 2.70. The van der Waals surface area contributed by atoms with Crippen LogP contribution < -0.4 is 4.90 Å². The van der Waals surface area contributed by atoms with Crippen molar-refractivity contribution < 1.29 is 4.79 Å². The minimum Gasteiger partial charge on any atom is -0.323 e. The molecule has 1 saturated heterocycles. The van der Waals surface area contributed by atoms with E-state index in [0.717, 1.165) is 24.2 Å². The Morgan fingerprint density at radius 2 is 2.16 bits per heavy atom. The second-order valence-electron chi connectivity index (χ2n) is 4.76. The molecule has 0 spiro atoms. The van der Waals surface area contributed by atoms with Crippen molar-refractivity contribution >= 4 is 34.9 Å². The van der Waals surface area contributed by atoms with Gasteiger partial charge in [0.2, 0.25) is 0 Å². The van der Waals surface area contributed by atoms with Crippen LogP contribution in [0.15, 0.2) is 18.2 Å². The lowest BCUT2D eigenvalue weighted by Crippen LogP contribution is -2.35.